The number of piperidine rings is 1. The molecule has 1 heterocycles. The van der Waals surface area contributed by atoms with Crippen molar-refractivity contribution < 1.29 is 0 Å². The Bertz CT molecular complexity index is 142. The van der Waals surface area contributed by atoms with Crippen LogP contribution in [0.3, 0.4) is 0 Å². The van der Waals surface area contributed by atoms with E-state index in [1.54, 1.807) is 0 Å². The molecule has 1 heteroatoms. The molecule has 1 aliphatic heterocycles. The topological polar surface area (TPSA) is 3.24 Å². The van der Waals surface area contributed by atoms with Gasteiger partial charge >= 0.3 is 0 Å². The Kier molecular flexibility index (Phi) is 6.41. The lowest BCUT2D eigenvalue weighted by molar-refractivity contribution is 0.100. The lowest BCUT2D eigenvalue weighted by Crippen LogP contribution is -2.42. The molecular weight excluding hydrogens is 194 g/mol. The van der Waals surface area contributed by atoms with E-state index in [0.29, 0.717) is 0 Å². The van der Waals surface area contributed by atoms with Gasteiger partial charge in [-0.15, -0.1) is 0 Å². The van der Waals surface area contributed by atoms with Crippen LogP contribution in [0, 0.1) is 11.8 Å². The van der Waals surface area contributed by atoms with Crippen LogP contribution in [-0.4, -0.2) is 24.0 Å². The number of nitrogens with zero attached hydrogens (tertiary/aromatic N) is 1. The average molecular weight is 225 g/mol. The predicted molar refractivity (Wildman–Crippen MR) is 72.7 cm³/mol. The van der Waals surface area contributed by atoms with Crippen LogP contribution < -0.4 is 0 Å². The molecule has 0 N–H and O–H groups in total. The van der Waals surface area contributed by atoms with E-state index in [1.165, 1.54) is 51.6 Å². The normalized spacial score (nSPS) is 33.0. The Labute approximate surface area is 103 Å². The van der Waals surface area contributed by atoms with Crippen LogP contribution in [0.25, 0.3) is 0 Å². The van der Waals surface area contributed by atoms with E-state index in [4.69, 9.17) is 0 Å². The van der Waals surface area contributed by atoms with Gasteiger partial charge in [0.05, 0.1) is 0 Å². The summed E-state index contributed by atoms with van der Waals surface area (Å²) >= 11 is 0. The number of likely N-dealkylation sites (tertiary alicyclic amines) is 1. The van der Waals surface area contributed by atoms with Crippen LogP contribution in [-0.2, 0) is 0 Å². The van der Waals surface area contributed by atoms with Gasteiger partial charge in [-0.3, -0.25) is 0 Å². The molecule has 2 aliphatic rings. The number of hydrogen-bond acceptors (Lipinski definition) is 1. The van der Waals surface area contributed by atoms with Gasteiger partial charge < -0.3 is 4.90 Å². The van der Waals surface area contributed by atoms with Gasteiger partial charge in [-0.1, -0.05) is 27.7 Å². The van der Waals surface area contributed by atoms with Crippen molar-refractivity contribution in [1.82, 2.24) is 4.90 Å². The quantitative estimate of drug-likeness (QED) is 0.642. The highest BCUT2D eigenvalue weighted by molar-refractivity contribution is 4.81. The van der Waals surface area contributed by atoms with E-state index >= 15 is 0 Å². The summed E-state index contributed by atoms with van der Waals surface area (Å²) in [5.74, 6) is 1.98. The predicted octanol–water partition coefficient (Wildman–Crippen LogP) is 4.32. The molecule has 0 unspecified atom stereocenters. The van der Waals surface area contributed by atoms with Crippen molar-refractivity contribution in [3.05, 3.63) is 0 Å². The van der Waals surface area contributed by atoms with Crippen LogP contribution in [0.5, 0.6) is 0 Å². The zero-order chi connectivity index (χ0) is 12.0. The summed E-state index contributed by atoms with van der Waals surface area (Å²) in [6.45, 7) is 11.6. The third-order valence-electron chi connectivity index (χ3n) is 4.32. The van der Waals surface area contributed by atoms with E-state index in [9.17, 15) is 0 Å². The molecule has 0 aromatic heterocycles. The van der Waals surface area contributed by atoms with Crippen molar-refractivity contribution in [2.45, 2.75) is 72.3 Å². The highest BCUT2D eigenvalue weighted by Crippen LogP contribution is 2.29. The Hall–Kier alpha value is -0.0400. The summed E-state index contributed by atoms with van der Waals surface area (Å²) in [5, 5.41) is 0. The summed E-state index contributed by atoms with van der Waals surface area (Å²) in [6, 6.07) is 0.943. The second kappa shape index (κ2) is 7.32. The van der Waals surface area contributed by atoms with E-state index in [-0.39, 0.29) is 0 Å². The molecule has 0 aromatic carbocycles. The molecule has 0 atom stereocenters. The molecular formula is C15H31N. The minimum Gasteiger partial charge on any atom is -0.300 e. The van der Waals surface area contributed by atoms with Gasteiger partial charge in [0.15, 0.2) is 0 Å². The van der Waals surface area contributed by atoms with Crippen molar-refractivity contribution >= 4 is 0 Å². The molecule has 0 radical (unpaired) electrons. The molecule has 1 aliphatic carbocycles. The van der Waals surface area contributed by atoms with Gasteiger partial charge in [0.1, 0.15) is 0 Å². The molecule has 1 saturated carbocycles. The first-order chi connectivity index (χ1) is 7.75. The fourth-order valence-corrected chi connectivity index (χ4v) is 3.00. The second-order valence-electron chi connectivity index (χ2n) is 5.63. The Balaban J connectivity index is 0.000000606. The molecule has 0 bridgehead atoms. The van der Waals surface area contributed by atoms with Crippen molar-refractivity contribution in [2.24, 2.45) is 11.8 Å². The maximum absolute atomic E-state index is 2.77. The number of hydrogen-bond donors (Lipinski definition) is 0. The molecule has 16 heavy (non-hydrogen) atoms. The minimum absolute atomic E-state index is 0.943. The highest BCUT2D eigenvalue weighted by atomic mass is 15.2. The van der Waals surface area contributed by atoms with Crippen LogP contribution in [0.4, 0.5) is 0 Å². The first kappa shape index (κ1) is 14.0. The fraction of sp³-hybridized carbons (Fsp3) is 1.00. The van der Waals surface area contributed by atoms with Crippen molar-refractivity contribution in [3.63, 3.8) is 0 Å². The SMILES string of the molecule is CC.CC1CCC(N2CCC(C)CC2)CC1. The Morgan fingerprint density at radius 3 is 1.62 bits per heavy atom. The number of rotatable bonds is 1. The summed E-state index contributed by atoms with van der Waals surface area (Å²) < 4.78 is 0. The van der Waals surface area contributed by atoms with E-state index < -0.39 is 0 Å². The molecule has 2 fully saturated rings. The van der Waals surface area contributed by atoms with Crippen LogP contribution in [0.1, 0.15) is 66.2 Å². The van der Waals surface area contributed by atoms with E-state index in [0.717, 1.165) is 17.9 Å². The van der Waals surface area contributed by atoms with Crippen molar-refractivity contribution in [3.8, 4) is 0 Å². The zero-order valence-electron chi connectivity index (χ0n) is 11.8. The molecule has 0 amide bonds. The van der Waals surface area contributed by atoms with Gasteiger partial charge in [0, 0.05) is 6.04 Å². The third kappa shape index (κ3) is 4.08. The summed E-state index contributed by atoms with van der Waals surface area (Å²) in [7, 11) is 0. The van der Waals surface area contributed by atoms with Crippen molar-refractivity contribution in [2.75, 3.05) is 13.1 Å². The standard InChI is InChI=1S/C13H25N.C2H6/c1-11-3-5-13(6-4-11)14-9-7-12(2)8-10-14;1-2/h11-13H,3-10H2,1-2H3;1-2H3. The first-order valence-corrected chi connectivity index (χ1v) is 7.49. The lowest BCUT2D eigenvalue weighted by atomic mass is 9.85. The van der Waals surface area contributed by atoms with Crippen LogP contribution in [0.15, 0.2) is 0 Å². The van der Waals surface area contributed by atoms with Crippen LogP contribution >= 0.6 is 0 Å². The van der Waals surface area contributed by atoms with Gasteiger partial charge in [0.25, 0.3) is 0 Å². The van der Waals surface area contributed by atoms with Gasteiger partial charge in [-0.25, -0.2) is 0 Å². The second-order valence-corrected chi connectivity index (χ2v) is 5.63. The first-order valence-electron chi connectivity index (χ1n) is 7.49. The minimum atomic E-state index is 0.943. The molecule has 1 nitrogen and oxygen atoms in total. The zero-order valence-corrected chi connectivity index (χ0v) is 11.8. The maximum Gasteiger partial charge on any atom is 0.00954 e. The lowest BCUT2D eigenvalue weighted by Gasteiger charge is -2.39. The largest absolute Gasteiger partial charge is 0.300 e. The van der Waals surface area contributed by atoms with Gasteiger partial charge in [-0.2, -0.15) is 0 Å². The fourth-order valence-electron chi connectivity index (χ4n) is 3.00. The molecule has 1 saturated heterocycles. The van der Waals surface area contributed by atoms with Gasteiger partial charge in [0.2, 0.25) is 0 Å². The maximum atomic E-state index is 2.77. The summed E-state index contributed by atoms with van der Waals surface area (Å²) in [5.41, 5.74) is 0. The van der Waals surface area contributed by atoms with Crippen LogP contribution in [0.2, 0.25) is 0 Å². The molecule has 0 spiro atoms. The van der Waals surface area contributed by atoms with Gasteiger partial charge in [-0.05, 0) is 63.5 Å². The van der Waals surface area contributed by atoms with E-state index in [2.05, 4.69) is 18.7 Å². The van der Waals surface area contributed by atoms with E-state index in [1.807, 2.05) is 13.8 Å². The highest BCUT2D eigenvalue weighted by Gasteiger charge is 2.26. The Morgan fingerprint density at radius 2 is 1.12 bits per heavy atom. The molecule has 96 valence electrons. The molecule has 0 aromatic rings. The van der Waals surface area contributed by atoms with Crippen molar-refractivity contribution in [1.29, 1.82) is 0 Å². The summed E-state index contributed by atoms with van der Waals surface area (Å²) in [4.78, 5) is 2.77. The monoisotopic (exact) mass is 225 g/mol. The summed E-state index contributed by atoms with van der Waals surface area (Å²) in [6.07, 6.45) is 8.75. The smallest absolute Gasteiger partial charge is 0.00954 e. The average Bonchev–Trinajstić information content (AvgIpc) is 2.34. The Morgan fingerprint density at radius 1 is 0.688 bits per heavy atom. The molecule has 2 rings (SSSR count). The third-order valence-corrected chi connectivity index (χ3v) is 4.32.